The molecule has 0 saturated heterocycles. The molecule has 1 fully saturated rings. The molecule has 1 aromatic heterocycles. The number of aryl methyl sites for hydroxylation is 1. The lowest BCUT2D eigenvalue weighted by molar-refractivity contribution is 0.205. The van der Waals surface area contributed by atoms with E-state index in [0.717, 1.165) is 31.5 Å². The van der Waals surface area contributed by atoms with Gasteiger partial charge in [0.05, 0.1) is 11.5 Å². The molecular formula is C12H18N4. The first kappa shape index (κ1) is 11.1. The zero-order valence-electron chi connectivity index (χ0n) is 9.98. The quantitative estimate of drug-likeness (QED) is 0.763. The molecule has 0 N–H and O–H groups in total. The molecule has 1 aromatic rings. The molecule has 16 heavy (non-hydrogen) atoms. The molecule has 4 heteroatoms. The van der Waals surface area contributed by atoms with E-state index in [4.69, 9.17) is 0 Å². The summed E-state index contributed by atoms with van der Waals surface area (Å²) in [6, 6.07) is 2.53. The number of hydrogen-bond acceptors (Lipinski definition) is 3. The van der Waals surface area contributed by atoms with Crippen LogP contribution in [0.15, 0.2) is 6.33 Å². The highest BCUT2D eigenvalue weighted by Gasteiger charge is 2.36. The van der Waals surface area contributed by atoms with Gasteiger partial charge in [0.25, 0.3) is 0 Å². The molecule has 0 aliphatic heterocycles. The largest absolute Gasteiger partial charge is 0.253 e. The van der Waals surface area contributed by atoms with Gasteiger partial charge in [-0.2, -0.15) is 10.4 Å². The second-order valence-electron chi connectivity index (χ2n) is 5.07. The second kappa shape index (κ2) is 4.25. The summed E-state index contributed by atoms with van der Waals surface area (Å²) in [5.74, 6) is 1.58. The molecule has 2 atom stereocenters. The molecule has 86 valence electrons. The highest BCUT2D eigenvalue weighted by Crippen LogP contribution is 2.40. The van der Waals surface area contributed by atoms with Crippen LogP contribution in [0.5, 0.6) is 0 Å². The average Bonchev–Trinajstić information content (AvgIpc) is 2.64. The number of aromatic nitrogens is 3. The first-order chi connectivity index (χ1) is 7.65. The summed E-state index contributed by atoms with van der Waals surface area (Å²) in [5, 5.41) is 13.5. The molecule has 1 saturated carbocycles. The summed E-state index contributed by atoms with van der Waals surface area (Å²) < 4.78 is 1.78. The maximum atomic E-state index is 9.44. The summed E-state index contributed by atoms with van der Waals surface area (Å²) >= 11 is 0. The molecule has 0 aromatic carbocycles. The van der Waals surface area contributed by atoms with Crippen LogP contribution >= 0.6 is 0 Å². The van der Waals surface area contributed by atoms with Crippen molar-refractivity contribution in [2.45, 2.75) is 39.0 Å². The van der Waals surface area contributed by atoms with Crippen LogP contribution in [-0.4, -0.2) is 14.8 Å². The molecule has 1 aliphatic rings. The normalized spacial score (nSPS) is 29.9. The minimum Gasteiger partial charge on any atom is -0.253 e. The van der Waals surface area contributed by atoms with Gasteiger partial charge in [-0.15, -0.1) is 0 Å². The zero-order valence-corrected chi connectivity index (χ0v) is 9.98. The molecule has 0 radical (unpaired) electrons. The SMILES string of the molecule is CC1CCCC(C#N)(Cc2ncnn2C)C1. The highest BCUT2D eigenvalue weighted by molar-refractivity contribution is 5.07. The summed E-state index contributed by atoms with van der Waals surface area (Å²) in [4.78, 5) is 4.23. The molecule has 1 aliphatic carbocycles. The van der Waals surface area contributed by atoms with Crippen molar-refractivity contribution in [3.05, 3.63) is 12.2 Å². The highest BCUT2D eigenvalue weighted by atomic mass is 15.3. The van der Waals surface area contributed by atoms with Crippen molar-refractivity contribution in [3.8, 4) is 6.07 Å². The Hall–Kier alpha value is -1.37. The third-order valence-electron chi connectivity index (χ3n) is 3.63. The van der Waals surface area contributed by atoms with Gasteiger partial charge in [-0.05, 0) is 18.8 Å². The topological polar surface area (TPSA) is 54.5 Å². The van der Waals surface area contributed by atoms with Crippen LogP contribution in [0.4, 0.5) is 0 Å². The summed E-state index contributed by atoms with van der Waals surface area (Å²) in [6.45, 7) is 2.24. The predicted molar refractivity (Wildman–Crippen MR) is 60.4 cm³/mol. The van der Waals surface area contributed by atoms with Crippen molar-refractivity contribution < 1.29 is 0 Å². The lowest BCUT2D eigenvalue weighted by Gasteiger charge is -2.33. The Kier molecular flexibility index (Phi) is 2.95. The Morgan fingerprint density at radius 1 is 1.69 bits per heavy atom. The van der Waals surface area contributed by atoms with Gasteiger partial charge in [-0.1, -0.05) is 19.8 Å². The van der Waals surface area contributed by atoms with Crippen LogP contribution in [0.25, 0.3) is 0 Å². The van der Waals surface area contributed by atoms with Crippen LogP contribution in [0.2, 0.25) is 0 Å². The van der Waals surface area contributed by atoms with Crippen molar-refractivity contribution in [1.29, 1.82) is 5.26 Å². The zero-order chi connectivity index (χ0) is 11.6. The fourth-order valence-electron chi connectivity index (χ4n) is 2.74. The second-order valence-corrected chi connectivity index (χ2v) is 5.07. The number of nitriles is 1. The fraction of sp³-hybridized carbons (Fsp3) is 0.750. The van der Waals surface area contributed by atoms with Gasteiger partial charge in [-0.25, -0.2) is 4.98 Å². The van der Waals surface area contributed by atoms with Crippen LogP contribution in [0, 0.1) is 22.7 Å². The molecule has 0 bridgehead atoms. The summed E-state index contributed by atoms with van der Waals surface area (Å²) in [7, 11) is 1.89. The summed E-state index contributed by atoms with van der Waals surface area (Å²) in [6.07, 6.45) is 6.71. The first-order valence-corrected chi connectivity index (χ1v) is 5.89. The third-order valence-corrected chi connectivity index (χ3v) is 3.63. The fourth-order valence-corrected chi connectivity index (χ4v) is 2.74. The van der Waals surface area contributed by atoms with Crippen molar-refractivity contribution in [3.63, 3.8) is 0 Å². The lowest BCUT2D eigenvalue weighted by Crippen LogP contribution is -2.29. The van der Waals surface area contributed by atoms with Gasteiger partial charge in [0, 0.05) is 13.5 Å². The maximum absolute atomic E-state index is 9.44. The van der Waals surface area contributed by atoms with E-state index in [1.807, 2.05) is 7.05 Å². The molecule has 2 rings (SSSR count). The maximum Gasteiger partial charge on any atom is 0.138 e. The van der Waals surface area contributed by atoms with Gasteiger partial charge in [-0.3, -0.25) is 4.68 Å². The lowest BCUT2D eigenvalue weighted by atomic mass is 9.69. The third kappa shape index (κ3) is 2.08. The van der Waals surface area contributed by atoms with E-state index in [0.29, 0.717) is 5.92 Å². The van der Waals surface area contributed by atoms with Crippen LogP contribution in [0.1, 0.15) is 38.4 Å². The average molecular weight is 218 g/mol. The molecule has 0 amide bonds. The Balaban J connectivity index is 2.17. The molecule has 4 nitrogen and oxygen atoms in total. The minimum atomic E-state index is -0.210. The molecule has 1 heterocycles. The molecular weight excluding hydrogens is 200 g/mol. The van der Waals surface area contributed by atoms with Crippen molar-refractivity contribution >= 4 is 0 Å². The van der Waals surface area contributed by atoms with Gasteiger partial charge < -0.3 is 0 Å². The number of hydrogen-bond donors (Lipinski definition) is 0. The smallest absolute Gasteiger partial charge is 0.138 e. The van der Waals surface area contributed by atoms with Crippen molar-refractivity contribution in [2.24, 2.45) is 18.4 Å². The van der Waals surface area contributed by atoms with Crippen LogP contribution in [-0.2, 0) is 13.5 Å². The van der Waals surface area contributed by atoms with Crippen LogP contribution in [0.3, 0.4) is 0 Å². The van der Waals surface area contributed by atoms with E-state index in [1.165, 1.54) is 6.42 Å². The van der Waals surface area contributed by atoms with E-state index in [9.17, 15) is 5.26 Å². The Labute approximate surface area is 96.3 Å². The number of rotatable bonds is 2. The van der Waals surface area contributed by atoms with Gasteiger partial charge >= 0.3 is 0 Å². The Bertz CT molecular complexity index is 403. The van der Waals surface area contributed by atoms with E-state index >= 15 is 0 Å². The van der Waals surface area contributed by atoms with E-state index < -0.39 is 0 Å². The Morgan fingerprint density at radius 2 is 2.50 bits per heavy atom. The van der Waals surface area contributed by atoms with E-state index in [1.54, 1.807) is 11.0 Å². The Morgan fingerprint density at radius 3 is 3.06 bits per heavy atom. The van der Waals surface area contributed by atoms with Crippen LogP contribution < -0.4 is 0 Å². The van der Waals surface area contributed by atoms with Gasteiger partial charge in [0.1, 0.15) is 12.2 Å². The van der Waals surface area contributed by atoms with Gasteiger partial charge in [0.15, 0.2) is 0 Å². The standard InChI is InChI=1S/C12H18N4/c1-10-4-3-5-12(6-10,8-13)7-11-14-9-15-16(11)2/h9-10H,3-7H2,1-2H3. The monoisotopic (exact) mass is 218 g/mol. The van der Waals surface area contributed by atoms with Gasteiger partial charge in [0.2, 0.25) is 0 Å². The molecule has 0 spiro atoms. The van der Waals surface area contributed by atoms with Crippen molar-refractivity contribution in [1.82, 2.24) is 14.8 Å². The predicted octanol–water partition coefficient (Wildman–Crippen LogP) is 2.08. The number of nitrogens with zero attached hydrogens (tertiary/aromatic N) is 4. The van der Waals surface area contributed by atoms with E-state index in [2.05, 4.69) is 23.1 Å². The molecule has 2 unspecified atom stereocenters. The van der Waals surface area contributed by atoms with E-state index in [-0.39, 0.29) is 5.41 Å². The summed E-state index contributed by atoms with van der Waals surface area (Å²) in [5.41, 5.74) is -0.210. The van der Waals surface area contributed by atoms with Crippen molar-refractivity contribution in [2.75, 3.05) is 0 Å². The minimum absolute atomic E-state index is 0.210. The first-order valence-electron chi connectivity index (χ1n) is 5.89.